The zero-order valence-electron chi connectivity index (χ0n) is 12.0. The topological polar surface area (TPSA) is 92.0 Å². The molecule has 2 unspecified atom stereocenters. The van der Waals surface area contributed by atoms with Crippen molar-refractivity contribution in [1.29, 1.82) is 0 Å². The van der Waals surface area contributed by atoms with Crippen molar-refractivity contribution in [3.05, 3.63) is 24.3 Å². The molecule has 0 radical (unpaired) electrons. The lowest BCUT2D eigenvalue weighted by Crippen LogP contribution is -2.62. The van der Waals surface area contributed by atoms with E-state index in [1.165, 1.54) is 17.0 Å². The molecule has 7 nitrogen and oxygen atoms in total. The zero-order valence-corrected chi connectivity index (χ0v) is 12.0. The monoisotopic (exact) mass is 306 g/mol. The Morgan fingerprint density at radius 2 is 1.82 bits per heavy atom. The van der Waals surface area contributed by atoms with Crippen molar-refractivity contribution in [3.8, 4) is 11.8 Å². The number of allylic oxidation sites excluding steroid dienone is 2. The number of amides is 1. The number of carbonyl (C=O) groups is 2. The highest BCUT2D eigenvalue weighted by atomic mass is 16.7. The van der Waals surface area contributed by atoms with Gasteiger partial charge in [0.05, 0.1) is 5.92 Å². The fourth-order valence-electron chi connectivity index (χ4n) is 3.09. The van der Waals surface area contributed by atoms with E-state index in [1.54, 1.807) is 0 Å². The number of β-lactam (4-membered cyclic amide) rings is 1. The van der Waals surface area contributed by atoms with E-state index in [0.29, 0.717) is 4.73 Å². The number of aromatic hydroxyl groups is 2. The lowest BCUT2D eigenvalue weighted by atomic mass is 9.80. The fraction of sp³-hybridized carbons (Fsp3) is 0.467. The quantitative estimate of drug-likeness (QED) is 0.637. The largest absolute Gasteiger partial charge is 0.492 e. The van der Waals surface area contributed by atoms with E-state index < -0.39 is 5.97 Å². The van der Waals surface area contributed by atoms with Gasteiger partial charge in [0.15, 0.2) is 0 Å². The van der Waals surface area contributed by atoms with Gasteiger partial charge in [0.2, 0.25) is 17.7 Å². The predicted octanol–water partition coefficient (Wildman–Crippen LogP) is 0.812. The maximum absolute atomic E-state index is 12.1. The van der Waals surface area contributed by atoms with E-state index in [-0.39, 0.29) is 36.2 Å². The summed E-state index contributed by atoms with van der Waals surface area (Å²) in [7, 11) is 0. The van der Waals surface area contributed by atoms with E-state index in [1.807, 2.05) is 0 Å². The molecule has 1 aliphatic heterocycles. The minimum absolute atomic E-state index is 0.00821. The van der Waals surface area contributed by atoms with Crippen LogP contribution in [-0.2, 0) is 9.59 Å². The number of likely N-dealkylation sites (tertiary alicyclic amines) is 1. The maximum atomic E-state index is 12.1. The number of rotatable bonds is 3. The van der Waals surface area contributed by atoms with Crippen molar-refractivity contribution >= 4 is 11.9 Å². The third-order valence-electron chi connectivity index (χ3n) is 4.20. The van der Waals surface area contributed by atoms with Crippen molar-refractivity contribution in [2.75, 3.05) is 6.54 Å². The molecule has 1 aliphatic carbocycles. The molecule has 1 fully saturated rings. The number of fused-ring (bicyclic) bond motifs is 1. The summed E-state index contributed by atoms with van der Waals surface area (Å²) in [6, 6.07) is 2.47. The smallest absolute Gasteiger partial charge is 0.352 e. The van der Waals surface area contributed by atoms with E-state index in [0.717, 1.165) is 25.7 Å². The highest BCUT2D eigenvalue weighted by molar-refractivity contribution is 5.89. The van der Waals surface area contributed by atoms with Gasteiger partial charge in [0.1, 0.15) is 6.54 Å². The molecule has 2 N–H and O–H groups in total. The predicted molar refractivity (Wildman–Crippen MR) is 75.9 cm³/mol. The van der Waals surface area contributed by atoms with Gasteiger partial charge in [-0.3, -0.25) is 4.79 Å². The molecule has 22 heavy (non-hydrogen) atoms. The normalized spacial score (nSPS) is 24.2. The highest BCUT2D eigenvalue weighted by Crippen LogP contribution is 2.34. The molecule has 0 aromatic carbocycles. The Bertz CT molecular complexity index is 602. The molecule has 0 saturated carbocycles. The first-order chi connectivity index (χ1) is 10.6. The van der Waals surface area contributed by atoms with Crippen molar-refractivity contribution < 1.29 is 24.6 Å². The van der Waals surface area contributed by atoms with Gasteiger partial charge in [-0.05, 0) is 25.7 Å². The Morgan fingerprint density at radius 3 is 2.50 bits per heavy atom. The van der Waals surface area contributed by atoms with Gasteiger partial charge >= 0.3 is 5.97 Å². The van der Waals surface area contributed by atoms with E-state index in [4.69, 9.17) is 4.84 Å². The molecule has 2 aliphatic rings. The van der Waals surface area contributed by atoms with Crippen LogP contribution < -0.4 is 4.84 Å². The molecule has 118 valence electrons. The summed E-state index contributed by atoms with van der Waals surface area (Å²) in [5.41, 5.74) is 0. The Balaban J connectivity index is 1.62. The average molecular weight is 306 g/mol. The first-order valence-electron chi connectivity index (χ1n) is 7.34. The molecule has 2 heterocycles. The Labute approximate surface area is 127 Å². The third-order valence-corrected chi connectivity index (χ3v) is 4.20. The van der Waals surface area contributed by atoms with Gasteiger partial charge < -0.3 is 20.0 Å². The molecule has 0 bridgehead atoms. The first-order valence-corrected chi connectivity index (χ1v) is 7.34. The van der Waals surface area contributed by atoms with Gasteiger partial charge in [-0.25, -0.2) is 4.79 Å². The van der Waals surface area contributed by atoms with Crippen LogP contribution in [0.5, 0.6) is 11.8 Å². The molecule has 0 spiro atoms. The standard InChI is InChI=1S/C15H18N2O5/c18-12-7-8-13(19)17(12)22-14(20)9-16-11-6-4-2-1-3-5-10(11)15(16)21/h1-2,7-8,10-11,18-19H,3-6,9H2. The number of hydrogen-bond donors (Lipinski definition) is 2. The van der Waals surface area contributed by atoms with Crippen LogP contribution in [0.15, 0.2) is 24.3 Å². The van der Waals surface area contributed by atoms with Crippen LogP contribution in [0.25, 0.3) is 0 Å². The summed E-state index contributed by atoms with van der Waals surface area (Å²) in [6.45, 7) is -0.180. The Hall–Kier alpha value is -2.44. The van der Waals surface area contributed by atoms with Crippen LogP contribution in [0.2, 0.25) is 0 Å². The Kier molecular flexibility index (Phi) is 3.79. The molecule has 3 rings (SSSR count). The SMILES string of the molecule is O=C(CN1C(=O)C2CCC=CCCC21)On1c(O)ccc1O. The van der Waals surface area contributed by atoms with E-state index >= 15 is 0 Å². The fourth-order valence-corrected chi connectivity index (χ4v) is 3.09. The van der Waals surface area contributed by atoms with Gasteiger partial charge in [-0.1, -0.05) is 12.2 Å². The number of hydrogen-bond acceptors (Lipinski definition) is 5. The van der Waals surface area contributed by atoms with Crippen molar-refractivity contribution in [3.63, 3.8) is 0 Å². The molecule has 1 aromatic rings. The number of carbonyl (C=O) groups excluding carboxylic acids is 2. The van der Waals surface area contributed by atoms with Crippen molar-refractivity contribution in [2.24, 2.45) is 5.92 Å². The maximum Gasteiger partial charge on any atom is 0.352 e. The number of aromatic nitrogens is 1. The zero-order chi connectivity index (χ0) is 15.7. The molecular formula is C15H18N2O5. The van der Waals surface area contributed by atoms with Crippen molar-refractivity contribution in [2.45, 2.75) is 31.7 Å². The second-order valence-corrected chi connectivity index (χ2v) is 5.57. The van der Waals surface area contributed by atoms with Gasteiger partial charge in [0, 0.05) is 18.2 Å². The van der Waals surface area contributed by atoms with Crippen LogP contribution in [-0.4, -0.2) is 44.3 Å². The third kappa shape index (κ3) is 2.54. The summed E-state index contributed by atoms with van der Waals surface area (Å²) in [4.78, 5) is 30.4. The summed E-state index contributed by atoms with van der Waals surface area (Å²) in [5, 5.41) is 18.9. The molecule has 2 atom stereocenters. The molecule has 1 aromatic heterocycles. The van der Waals surface area contributed by atoms with Gasteiger partial charge in [-0.2, -0.15) is 0 Å². The highest BCUT2D eigenvalue weighted by Gasteiger charge is 2.47. The molecule has 7 heteroatoms. The number of nitrogens with zero attached hydrogens (tertiary/aromatic N) is 2. The molecule has 1 saturated heterocycles. The van der Waals surface area contributed by atoms with Gasteiger partial charge in [-0.15, -0.1) is 4.73 Å². The average Bonchev–Trinajstić information content (AvgIpc) is 2.77. The summed E-state index contributed by atoms with van der Waals surface area (Å²) in [6.07, 6.45) is 7.61. The van der Waals surface area contributed by atoms with Crippen LogP contribution in [0, 0.1) is 5.92 Å². The van der Waals surface area contributed by atoms with E-state index in [9.17, 15) is 19.8 Å². The molecular weight excluding hydrogens is 288 g/mol. The second kappa shape index (κ2) is 5.75. The lowest BCUT2D eigenvalue weighted by molar-refractivity contribution is -0.166. The second-order valence-electron chi connectivity index (χ2n) is 5.57. The minimum Gasteiger partial charge on any atom is -0.492 e. The molecule has 1 amide bonds. The Morgan fingerprint density at radius 1 is 1.18 bits per heavy atom. The van der Waals surface area contributed by atoms with Crippen LogP contribution in [0.1, 0.15) is 25.7 Å². The van der Waals surface area contributed by atoms with Crippen LogP contribution in [0.3, 0.4) is 0 Å². The summed E-state index contributed by atoms with van der Waals surface area (Å²) in [5.74, 6) is -1.50. The van der Waals surface area contributed by atoms with E-state index in [2.05, 4.69) is 12.2 Å². The minimum atomic E-state index is -0.703. The summed E-state index contributed by atoms with van der Waals surface area (Å²) >= 11 is 0. The lowest BCUT2D eigenvalue weighted by Gasteiger charge is -2.47. The summed E-state index contributed by atoms with van der Waals surface area (Å²) < 4.78 is 0.630. The van der Waals surface area contributed by atoms with Gasteiger partial charge in [0.25, 0.3) is 0 Å². The first kappa shape index (κ1) is 14.5. The van der Waals surface area contributed by atoms with Crippen molar-refractivity contribution in [1.82, 2.24) is 9.63 Å². The van der Waals surface area contributed by atoms with Crippen LogP contribution >= 0.6 is 0 Å². The van der Waals surface area contributed by atoms with Crippen LogP contribution in [0.4, 0.5) is 0 Å².